The standard InChI is InChI=1S/C16H30O/c1-13-12-15(2,3)10-11-16(13,17)14-8-6-4-5-7-9-14/h13-14,17H,4-12H2,1-3H3. The van der Waals surface area contributed by atoms with Crippen LogP contribution in [0.5, 0.6) is 0 Å². The molecule has 2 aliphatic rings. The third-order valence-electron chi connectivity index (χ3n) is 5.48. The molecule has 1 nitrogen and oxygen atoms in total. The van der Waals surface area contributed by atoms with Gasteiger partial charge in [-0.05, 0) is 49.4 Å². The van der Waals surface area contributed by atoms with E-state index in [2.05, 4.69) is 20.8 Å². The van der Waals surface area contributed by atoms with Gasteiger partial charge in [-0.25, -0.2) is 0 Å². The summed E-state index contributed by atoms with van der Waals surface area (Å²) in [4.78, 5) is 0. The summed E-state index contributed by atoms with van der Waals surface area (Å²) < 4.78 is 0. The van der Waals surface area contributed by atoms with Crippen molar-refractivity contribution in [1.29, 1.82) is 0 Å². The molecule has 0 bridgehead atoms. The van der Waals surface area contributed by atoms with Crippen molar-refractivity contribution in [3.63, 3.8) is 0 Å². The second kappa shape index (κ2) is 4.91. The van der Waals surface area contributed by atoms with E-state index in [1.807, 2.05) is 0 Å². The minimum Gasteiger partial charge on any atom is -0.389 e. The van der Waals surface area contributed by atoms with Crippen molar-refractivity contribution in [2.24, 2.45) is 17.3 Å². The topological polar surface area (TPSA) is 20.2 Å². The normalized spacial score (nSPS) is 39.9. The Kier molecular flexibility index (Phi) is 3.87. The van der Waals surface area contributed by atoms with Crippen LogP contribution in [0.4, 0.5) is 0 Å². The number of rotatable bonds is 1. The van der Waals surface area contributed by atoms with Gasteiger partial charge in [-0.15, -0.1) is 0 Å². The van der Waals surface area contributed by atoms with Crippen LogP contribution in [0.1, 0.15) is 78.6 Å². The maximum atomic E-state index is 11.1. The van der Waals surface area contributed by atoms with Gasteiger partial charge in [0.05, 0.1) is 5.60 Å². The van der Waals surface area contributed by atoms with Crippen LogP contribution in [0.2, 0.25) is 0 Å². The Labute approximate surface area is 107 Å². The van der Waals surface area contributed by atoms with Crippen LogP contribution in [0.15, 0.2) is 0 Å². The van der Waals surface area contributed by atoms with Crippen LogP contribution >= 0.6 is 0 Å². The molecule has 0 amide bonds. The molecular weight excluding hydrogens is 208 g/mol. The molecule has 2 unspecified atom stereocenters. The van der Waals surface area contributed by atoms with Crippen LogP contribution < -0.4 is 0 Å². The molecule has 2 rings (SSSR count). The first kappa shape index (κ1) is 13.4. The lowest BCUT2D eigenvalue weighted by molar-refractivity contribution is -0.116. The highest BCUT2D eigenvalue weighted by molar-refractivity contribution is 4.98. The molecule has 0 aromatic carbocycles. The number of hydrogen-bond donors (Lipinski definition) is 1. The zero-order chi connectivity index (χ0) is 12.5. The summed E-state index contributed by atoms with van der Waals surface area (Å²) in [5, 5.41) is 11.1. The molecule has 0 saturated heterocycles. The molecule has 1 N–H and O–H groups in total. The van der Waals surface area contributed by atoms with E-state index in [4.69, 9.17) is 0 Å². The zero-order valence-corrected chi connectivity index (χ0v) is 12.0. The van der Waals surface area contributed by atoms with Gasteiger partial charge in [-0.2, -0.15) is 0 Å². The molecule has 0 aromatic rings. The van der Waals surface area contributed by atoms with Crippen LogP contribution in [0, 0.1) is 17.3 Å². The average Bonchev–Trinajstić information content (AvgIpc) is 2.52. The zero-order valence-electron chi connectivity index (χ0n) is 12.0. The van der Waals surface area contributed by atoms with Crippen molar-refractivity contribution in [1.82, 2.24) is 0 Å². The lowest BCUT2D eigenvalue weighted by Gasteiger charge is -2.49. The van der Waals surface area contributed by atoms with E-state index in [9.17, 15) is 5.11 Å². The quantitative estimate of drug-likeness (QED) is 0.665. The fourth-order valence-corrected chi connectivity index (χ4v) is 4.28. The Hall–Kier alpha value is -0.0400. The van der Waals surface area contributed by atoms with Crippen molar-refractivity contribution >= 4 is 0 Å². The minimum atomic E-state index is -0.347. The highest BCUT2D eigenvalue weighted by Gasteiger charge is 2.46. The van der Waals surface area contributed by atoms with E-state index < -0.39 is 0 Å². The van der Waals surface area contributed by atoms with Gasteiger partial charge in [0.1, 0.15) is 0 Å². The van der Waals surface area contributed by atoms with E-state index in [0.29, 0.717) is 17.3 Å². The second-order valence-electron chi connectivity index (χ2n) is 7.45. The first-order valence-corrected chi connectivity index (χ1v) is 7.66. The van der Waals surface area contributed by atoms with E-state index in [-0.39, 0.29) is 5.60 Å². The van der Waals surface area contributed by atoms with Gasteiger partial charge in [-0.3, -0.25) is 0 Å². The summed E-state index contributed by atoms with van der Waals surface area (Å²) in [6.07, 6.45) is 11.4. The van der Waals surface area contributed by atoms with Crippen molar-refractivity contribution in [3.8, 4) is 0 Å². The Balaban J connectivity index is 2.07. The first-order valence-electron chi connectivity index (χ1n) is 7.66. The fourth-order valence-electron chi connectivity index (χ4n) is 4.28. The summed E-state index contributed by atoms with van der Waals surface area (Å²) in [6, 6.07) is 0. The van der Waals surface area contributed by atoms with E-state index in [0.717, 1.165) is 6.42 Å². The van der Waals surface area contributed by atoms with Crippen molar-refractivity contribution in [2.45, 2.75) is 84.2 Å². The van der Waals surface area contributed by atoms with Gasteiger partial charge in [-0.1, -0.05) is 46.5 Å². The molecule has 0 aromatic heterocycles. The Bertz CT molecular complexity index is 250. The Morgan fingerprint density at radius 3 is 2.06 bits per heavy atom. The average molecular weight is 238 g/mol. The van der Waals surface area contributed by atoms with Gasteiger partial charge in [0.2, 0.25) is 0 Å². The summed E-state index contributed by atoms with van der Waals surface area (Å²) >= 11 is 0. The molecule has 0 radical (unpaired) electrons. The van der Waals surface area contributed by atoms with Gasteiger partial charge in [0, 0.05) is 0 Å². The molecule has 17 heavy (non-hydrogen) atoms. The highest BCUT2D eigenvalue weighted by Crippen LogP contribution is 2.49. The van der Waals surface area contributed by atoms with Crippen molar-refractivity contribution in [3.05, 3.63) is 0 Å². The largest absolute Gasteiger partial charge is 0.389 e. The summed E-state index contributed by atoms with van der Waals surface area (Å²) in [6.45, 7) is 7.00. The van der Waals surface area contributed by atoms with E-state index >= 15 is 0 Å². The van der Waals surface area contributed by atoms with Gasteiger partial charge in [0.25, 0.3) is 0 Å². The maximum Gasteiger partial charge on any atom is 0.0701 e. The summed E-state index contributed by atoms with van der Waals surface area (Å²) in [7, 11) is 0. The molecule has 0 aliphatic heterocycles. The van der Waals surface area contributed by atoms with E-state index in [1.54, 1.807) is 0 Å². The third-order valence-corrected chi connectivity index (χ3v) is 5.48. The molecule has 100 valence electrons. The smallest absolute Gasteiger partial charge is 0.0701 e. The first-order chi connectivity index (χ1) is 7.94. The molecular formula is C16H30O. The minimum absolute atomic E-state index is 0.347. The van der Waals surface area contributed by atoms with Crippen LogP contribution in [-0.2, 0) is 0 Å². The SMILES string of the molecule is CC1CC(C)(C)CCC1(O)C1CCCCCC1. The second-order valence-corrected chi connectivity index (χ2v) is 7.45. The summed E-state index contributed by atoms with van der Waals surface area (Å²) in [5.74, 6) is 1.06. The number of hydrogen-bond acceptors (Lipinski definition) is 1. The molecule has 0 heterocycles. The lowest BCUT2D eigenvalue weighted by Crippen LogP contribution is -2.49. The van der Waals surface area contributed by atoms with Crippen molar-refractivity contribution < 1.29 is 5.11 Å². The maximum absolute atomic E-state index is 11.1. The Morgan fingerprint density at radius 1 is 0.941 bits per heavy atom. The van der Waals surface area contributed by atoms with Crippen molar-refractivity contribution in [2.75, 3.05) is 0 Å². The molecule has 0 spiro atoms. The number of aliphatic hydroxyl groups is 1. The monoisotopic (exact) mass is 238 g/mol. The van der Waals surface area contributed by atoms with Gasteiger partial charge in [0.15, 0.2) is 0 Å². The Morgan fingerprint density at radius 2 is 1.53 bits per heavy atom. The predicted molar refractivity (Wildman–Crippen MR) is 72.9 cm³/mol. The molecule has 2 saturated carbocycles. The van der Waals surface area contributed by atoms with Crippen LogP contribution in [0.3, 0.4) is 0 Å². The lowest BCUT2D eigenvalue weighted by atomic mass is 9.60. The predicted octanol–water partition coefficient (Wildman–Crippen LogP) is 4.53. The third kappa shape index (κ3) is 2.86. The molecule has 1 heteroatoms. The highest BCUT2D eigenvalue weighted by atomic mass is 16.3. The van der Waals surface area contributed by atoms with Gasteiger partial charge >= 0.3 is 0 Å². The summed E-state index contributed by atoms with van der Waals surface area (Å²) in [5.41, 5.74) is 0.0935. The van der Waals surface area contributed by atoms with E-state index in [1.165, 1.54) is 51.4 Å². The van der Waals surface area contributed by atoms with Gasteiger partial charge < -0.3 is 5.11 Å². The molecule has 2 aliphatic carbocycles. The van der Waals surface area contributed by atoms with Crippen LogP contribution in [-0.4, -0.2) is 10.7 Å². The fraction of sp³-hybridized carbons (Fsp3) is 1.00. The van der Waals surface area contributed by atoms with Crippen LogP contribution in [0.25, 0.3) is 0 Å². The molecule has 2 fully saturated rings. The molecule has 2 atom stereocenters.